The maximum absolute atomic E-state index is 12.6. The lowest BCUT2D eigenvalue weighted by molar-refractivity contribution is -0.145. The van der Waals surface area contributed by atoms with Crippen LogP contribution in [0.4, 0.5) is 0 Å². The van der Waals surface area contributed by atoms with Gasteiger partial charge in [-0.3, -0.25) is 9.69 Å². The van der Waals surface area contributed by atoms with Gasteiger partial charge in [-0.05, 0) is 41.1 Å². The number of hydrogen-bond donors (Lipinski definition) is 0. The predicted octanol–water partition coefficient (Wildman–Crippen LogP) is 4.58. The number of esters is 1. The topological polar surface area (TPSA) is 38.8 Å². The molecule has 1 fully saturated rings. The zero-order valence-corrected chi connectivity index (χ0v) is 16.0. The van der Waals surface area contributed by atoms with Gasteiger partial charge in [-0.15, -0.1) is 0 Å². The third-order valence-electron chi connectivity index (χ3n) is 5.29. The fourth-order valence-corrected chi connectivity index (χ4v) is 3.94. The summed E-state index contributed by atoms with van der Waals surface area (Å²) in [7, 11) is 3.45. The van der Waals surface area contributed by atoms with Gasteiger partial charge in [-0.1, -0.05) is 60.7 Å². The number of fused-ring (bicyclic) bond motifs is 1. The Kier molecular flexibility index (Phi) is 5.13. The number of likely N-dealkylation sites (N-methyl/N-ethyl adjacent to an activating group) is 1. The van der Waals surface area contributed by atoms with Gasteiger partial charge in [-0.2, -0.15) is 0 Å². The van der Waals surface area contributed by atoms with Crippen molar-refractivity contribution in [2.75, 3.05) is 20.7 Å². The molecule has 3 aromatic carbocycles. The van der Waals surface area contributed by atoms with Crippen molar-refractivity contribution in [1.29, 1.82) is 0 Å². The Hall–Kier alpha value is -3.11. The Morgan fingerprint density at radius 2 is 1.71 bits per heavy atom. The van der Waals surface area contributed by atoms with Gasteiger partial charge in [0.25, 0.3) is 0 Å². The van der Waals surface area contributed by atoms with Crippen molar-refractivity contribution in [2.45, 2.75) is 6.04 Å². The molecule has 4 rings (SSSR count). The maximum Gasteiger partial charge on any atom is 0.314 e. The van der Waals surface area contributed by atoms with Crippen molar-refractivity contribution in [3.63, 3.8) is 0 Å². The lowest BCUT2D eigenvalue weighted by atomic mass is 9.91. The van der Waals surface area contributed by atoms with Crippen LogP contribution in [0.25, 0.3) is 10.8 Å². The van der Waals surface area contributed by atoms with Crippen LogP contribution in [0.3, 0.4) is 0 Å². The molecular weight excluding hydrogens is 350 g/mol. The van der Waals surface area contributed by atoms with E-state index in [1.54, 1.807) is 6.26 Å². The van der Waals surface area contributed by atoms with Crippen LogP contribution >= 0.6 is 0 Å². The summed E-state index contributed by atoms with van der Waals surface area (Å²) in [5.74, 6) is 0.116. The van der Waals surface area contributed by atoms with Crippen molar-refractivity contribution >= 4 is 16.7 Å². The number of benzene rings is 3. The molecule has 0 aliphatic carbocycles. The second kappa shape index (κ2) is 7.87. The SMILES string of the molecule is COC(=O)C1/C(=C/Oc2ccc3ccccc3c2)CN(C)C1c1ccccc1. The van der Waals surface area contributed by atoms with E-state index in [0.717, 1.165) is 22.3 Å². The third-order valence-corrected chi connectivity index (χ3v) is 5.29. The van der Waals surface area contributed by atoms with E-state index in [9.17, 15) is 4.79 Å². The lowest BCUT2D eigenvalue weighted by Crippen LogP contribution is -2.26. The number of likely N-dealkylation sites (tertiary alicyclic amines) is 1. The van der Waals surface area contributed by atoms with E-state index in [0.29, 0.717) is 6.54 Å². The zero-order chi connectivity index (χ0) is 19.5. The van der Waals surface area contributed by atoms with E-state index in [-0.39, 0.29) is 12.0 Å². The Bertz CT molecular complexity index is 1010. The molecule has 1 aliphatic heterocycles. The van der Waals surface area contributed by atoms with Crippen LogP contribution in [0, 0.1) is 5.92 Å². The van der Waals surface area contributed by atoms with E-state index >= 15 is 0 Å². The molecule has 2 unspecified atom stereocenters. The normalized spacial score (nSPS) is 21.1. The highest BCUT2D eigenvalue weighted by atomic mass is 16.5. The van der Waals surface area contributed by atoms with E-state index < -0.39 is 5.92 Å². The van der Waals surface area contributed by atoms with Gasteiger partial charge >= 0.3 is 5.97 Å². The van der Waals surface area contributed by atoms with Gasteiger partial charge in [0.05, 0.1) is 19.4 Å². The minimum atomic E-state index is -0.391. The molecule has 3 aromatic rings. The van der Waals surface area contributed by atoms with Crippen molar-refractivity contribution < 1.29 is 14.3 Å². The Balaban J connectivity index is 1.63. The monoisotopic (exact) mass is 373 g/mol. The number of ether oxygens (including phenoxy) is 2. The molecule has 1 saturated heterocycles. The Labute approximate surface area is 165 Å². The van der Waals surface area contributed by atoms with Crippen LogP contribution < -0.4 is 4.74 Å². The highest BCUT2D eigenvalue weighted by Crippen LogP contribution is 2.40. The second-order valence-electron chi connectivity index (χ2n) is 7.09. The molecular formula is C24H23NO3. The highest BCUT2D eigenvalue weighted by molar-refractivity contribution is 5.83. The van der Waals surface area contributed by atoms with E-state index in [4.69, 9.17) is 9.47 Å². The van der Waals surface area contributed by atoms with Crippen molar-refractivity contribution in [2.24, 2.45) is 5.92 Å². The summed E-state index contributed by atoms with van der Waals surface area (Å²) in [6.07, 6.45) is 1.71. The number of rotatable bonds is 4. The summed E-state index contributed by atoms with van der Waals surface area (Å²) in [5.41, 5.74) is 2.01. The number of carbonyl (C=O) groups excluding carboxylic acids is 1. The summed E-state index contributed by atoms with van der Waals surface area (Å²) in [6, 6.07) is 24.1. The van der Waals surface area contributed by atoms with E-state index in [2.05, 4.69) is 17.0 Å². The molecule has 4 nitrogen and oxygen atoms in total. The van der Waals surface area contributed by atoms with E-state index in [1.165, 1.54) is 12.5 Å². The van der Waals surface area contributed by atoms with Gasteiger partial charge in [0.1, 0.15) is 11.7 Å². The summed E-state index contributed by atoms with van der Waals surface area (Å²) in [5, 5.41) is 2.29. The van der Waals surface area contributed by atoms with Crippen molar-refractivity contribution in [3.8, 4) is 5.75 Å². The van der Waals surface area contributed by atoms with Gasteiger partial charge in [0.15, 0.2) is 0 Å². The minimum Gasteiger partial charge on any atom is -0.469 e. The number of hydrogen-bond acceptors (Lipinski definition) is 4. The molecule has 0 bridgehead atoms. The smallest absolute Gasteiger partial charge is 0.314 e. The number of carbonyl (C=O) groups is 1. The highest BCUT2D eigenvalue weighted by Gasteiger charge is 2.42. The third kappa shape index (κ3) is 3.51. The molecule has 0 spiro atoms. The molecule has 28 heavy (non-hydrogen) atoms. The van der Waals surface area contributed by atoms with E-state index in [1.807, 2.05) is 67.7 Å². The first-order valence-corrected chi connectivity index (χ1v) is 9.35. The maximum atomic E-state index is 12.6. The molecule has 2 atom stereocenters. The zero-order valence-electron chi connectivity index (χ0n) is 16.0. The van der Waals surface area contributed by atoms with Crippen molar-refractivity contribution in [1.82, 2.24) is 4.90 Å². The summed E-state index contributed by atoms with van der Waals surface area (Å²) < 4.78 is 11.1. The molecule has 0 N–H and O–H groups in total. The molecule has 0 radical (unpaired) electrons. The van der Waals surface area contributed by atoms with Gasteiger partial charge in [0.2, 0.25) is 0 Å². The summed E-state index contributed by atoms with van der Waals surface area (Å²) in [4.78, 5) is 14.8. The largest absolute Gasteiger partial charge is 0.469 e. The first-order valence-electron chi connectivity index (χ1n) is 9.35. The quantitative estimate of drug-likeness (QED) is 0.496. The van der Waals surface area contributed by atoms with Crippen LogP contribution in [0.1, 0.15) is 11.6 Å². The van der Waals surface area contributed by atoms with Crippen LogP contribution in [0.2, 0.25) is 0 Å². The first kappa shape index (κ1) is 18.3. The fraction of sp³-hybridized carbons (Fsp3) is 0.208. The van der Waals surface area contributed by atoms with Gasteiger partial charge in [0, 0.05) is 6.54 Å². The Morgan fingerprint density at radius 3 is 2.46 bits per heavy atom. The average Bonchev–Trinajstić information content (AvgIpc) is 3.08. The van der Waals surface area contributed by atoms with Crippen LogP contribution in [-0.4, -0.2) is 31.6 Å². The number of methoxy groups -OCH3 is 1. The summed E-state index contributed by atoms with van der Waals surface area (Å²) >= 11 is 0. The predicted molar refractivity (Wildman–Crippen MR) is 110 cm³/mol. The van der Waals surface area contributed by atoms with Crippen LogP contribution in [-0.2, 0) is 9.53 Å². The average molecular weight is 373 g/mol. The molecule has 0 aromatic heterocycles. The standard InChI is InChI=1S/C24H23NO3/c1-25-15-20(16-28-21-13-12-17-8-6-7-11-19(17)14-21)22(24(26)27-2)23(25)18-9-4-3-5-10-18/h3-14,16,22-23H,15H2,1-2H3/b20-16+. The minimum absolute atomic E-state index is 0.0693. The molecule has 0 amide bonds. The Morgan fingerprint density at radius 1 is 1.00 bits per heavy atom. The van der Waals surface area contributed by atoms with Crippen LogP contribution in [0.15, 0.2) is 84.6 Å². The lowest BCUT2D eigenvalue weighted by Gasteiger charge is -2.23. The first-order chi connectivity index (χ1) is 13.7. The fourth-order valence-electron chi connectivity index (χ4n) is 3.94. The number of nitrogens with zero attached hydrogens (tertiary/aromatic N) is 1. The molecule has 142 valence electrons. The summed E-state index contributed by atoms with van der Waals surface area (Å²) in [6.45, 7) is 0.646. The molecule has 1 aliphatic rings. The second-order valence-corrected chi connectivity index (χ2v) is 7.09. The van der Waals surface area contributed by atoms with Crippen molar-refractivity contribution in [3.05, 3.63) is 90.2 Å². The molecule has 4 heteroatoms. The van der Waals surface area contributed by atoms with Gasteiger partial charge < -0.3 is 9.47 Å². The molecule has 1 heterocycles. The molecule has 0 saturated carbocycles. The van der Waals surface area contributed by atoms with Gasteiger partial charge in [-0.25, -0.2) is 0 Å². The van der Waals surface area contributed by atoms with Crippen LogP contribution in [0.5, 0.6) is 5.75 Å².